The van der Waals surface area contributed by atoms with Crippen molar-refractivity contribution in [3.05, 3.63) is 16.1 Å². The van der Waals surface area contributed by atoms with E-state index in [4.69, 9.17) is 5.11 Å². The summed E-state index contributed by atoms with van der Waals surface area (Å²) < 4.78 is 0. The maximum absolute atomic E-state index is 11.5. The van der Waals surface area contributed by atoms with E-state index in [0.29, 0.717) is 13.1 Å². The fourth-order valence-electron chi connectivity index (χ4n) is 1.26. The number of aliphatic hydroxyl groups is 1. The van der Waals surface area contributed by atoms with Crippen molar-refractivity contribution in [1.82, 2.24) is 15.2 Å². The summed E-state index contributed by atoms with van der Waals surface area (Å²) in [7, 11) is 1.65. The number of hydrogen-bond acceptors (Lipinski definition) is 4. The highest BCUT2D eigenvalue weighted by atomic mass is 32.1. The third-order valence-electron chi connectivity index (χ3n) is 1.97. The molecule has 0 saturated heterocycles. The van der Waals surface area contributed by atoms with Crippen molar-refractivity contribution < 1.29 is 9.90 Å². The van der Waals surface area contributed by atoms with E-state index in [0.717, 1.165) is 9.88 Å². The second-order valence-electron chi connectivity index (χ2n) is 3.73. The molecule has 0 aliphatic carbocycles. The van der Waals surface area contributed by atoms with Gasteiger partial charge in [0, 0.05) is 24.7 Å². The molecule has 0 spiro atoms. The quantitative estimate of drug-likeness (QED) is 0.828. The fraction of sp³-hybridized carbons (Fsp3) is 0.600. The monoisotopic (exact) mass is 243 g/mol. The maximum Gasteiger partial charge on any atom is 0.317 e. The van der Waals surface area contributed by atoms with E-state index in [9.17, 15) is 4.79 Å². The molecule has 16 heavy (non-hydrogen) atoms. The molecule has 0 aliphatic heterocycles. The molecule has 2 amide bonds. The molecule has 0 saturated carbocycles. The minimum atomic E-state index is -0.513. The molecule has 1 aromatic rings. The van der Waals surface area contributed by atoms with Crippen LogP contribution in [0.1, 0.15) is 16.8 Å². The van der Waals surface area contributed by atoms with Crippen molar-refractivity contribution in [3.63, 3.8) is 0 Å². The molecule has 5 nitrogen and oxygen atoms in total. The van der Waals surface area contributed by atoms with E-state index in [1.54, 1.807) is 31.5 Å². The Kier molecular flexibility index (Phi) is 4.70. The van der Waals surface area contributed by atoms with Gasteiger partial charge in [-0.1, -0.05) is 0 Å². The standard InChI is InChI=1S/C10H17N3O2S/c1-7(14)6-13(3)10(15)12-5-9-4-11-8(2)16-9/h4,7,14H,5-6H2,1-3H3,(H,12,15). The highest BCUT2D eigenvalue weighted by Crippen LogP contribution is 2.10. The van der Waals surface area contributed by atoms with E-state index < -0.39 is 6.10 Å². The first-order valence-corrected chi connectivity index (χ1v) is 5.89. The first-order valence-electron chi connectivity index (χ1n) is 5.07. The van der Waals surface area contributed by atoms with Crippen LogP contribution in [0.5, 0.6) is 0 Å². The molecule has 1 rings (SSSR count). The van der Waals surface area contributed by atoms with Crippen LogP contribution in [0.3, 0.4) is 0 Å². The Hall–Kier alpha value is -1.14. The van der Waals surface area contributed by atoms with Gasteiger partial charge in [-0.25, -0.2) is 9.78 Å². The molecule has 6 heteroatoms. The van der Waals surface area contributed by atoms with Crippen LogP contribution in [-0.2, 0) is 6.54 Å². The van der Waals surface area contributed by atoms with Crippen molar-refractivity contribution in [2.45, 2.75) is 26.5 Å². The van der Waals surface area contributed by atoms with E-state index >= 15 is 0 Å². The third-order valence-corrected chi connectivity index (χ3v) is 2.88. The molecule has 0 aromatic carbocycles. The second-order valence-corrected chi connectivity index (χ2v) is 5.05. The van der Waals surface area contributed by atoms with Gasteiger partial charge in [0.1, 0.15) is 0 Å². The van der Waals surface area contributed by atoms with Crippen molar-refractivity contribution in [2.24, 2.45) is 0 Å². The van der Waals surface area contributed by atoms with Crippen molar-refractivity contribution in [1.29, 1.82) is 0 Å². The normalized spacial score (nSPS) is 12.2. The number of aryl methyl sites for hydroxylation is 1. The van der Waals surface area contributed by atoms with Crippen molar-refractivity contribution >= 4 is 17.4 Å². The zero-order chi connectivity index (χ0) is 12.1. The number of carbonyl (C=O) groups excluding carboxylic acids is 1. The Morgan fingerprint density at radius 1 is 1.75 bits per heavy atom. The summed E-state index contributed by atoms with van der Waals surface area (Å²) in [6.45, 7) is 4.38. The lowest BCUT2D eigenvalue weighted by Gasteiger charge is -2.18. The highest BCUT2D eigenvalue weighted by Gasteiger charge is 2.10. The first-order chi connectivity index (χ1) is 7.49. The average molecular weight is 243 g/mol. The van der Waals surface area contributed by atoms with Gasteiger partial charge in [-0.05, 0) is 13.8 Å². The fourth-order valence-corrected chi connectivity index (χ4v) is 2.00. The SMILES string of the molecule is Cc1ncc(CNC(=O)N(C)CC(C)O)s1. The topological polar surface area (TPSA) is 65.5 Å². The van der Waals surface area contributed by atoms with Crippen LogP contribution in [0.25, 0.3) is 0 Å². The number of rotatable bonds is 4. The van der Waals surface area contributed by atoms with Gasteiger partial charge < -0.3 is 15.3 Å². The van der Waals surface area contributed by atoms with E-state index in [-0.39, 0.29) is 6.03 Å². The van der Waals surface area contributed by atoms with Gasteiger partial charge >= 0.3 is 6.03 Å². The van der Waals surface area contributed by atoms with Gasteiger partial charge in [-0.2, -0.15) is 0 Å². The van der Waals surface area contributed by atoms with E-state index in [2.05, 4.69) is 10.3 Å². The summed E-state index contributed by atoms with van der Waals surface area (Å²) in [6.07, 6.45) is 1.25. The molecule has 0 radical (unpaired) electrons. The predicted molar refractivity (Wildman–Crippen MR) is 63.4 cm³/mol. The largest absolute Gasteiger partial charge is 0.392 e. The van der Waals surface area contributed by atoms with Crippen molar-refractivity contribution in [3.8, 4) is 0 Å². The lowest BCUT2D eigenvalue weighted by molar-refractivity contribution is 0.144. The summed E-state index contributed by atoms with van der Waals surface area (Å²) in [6, 6.07) is -0.188. The zero-order valence-electron chi connectivity index (χ0n) is 9.73. The maximum atomic E-state index is 11.5. The number of thiazole rings is 1. The molecule has 1 unspecified atom stereocenters. The second kappa shape index (κ2) is 5.81. The number of nitrogens with one attached hydrogen (secondary N) is 1. The Labute approximate surface area is 99.1 Å². The lowest BCUT2D eigenvalue weighted by atomic mass is 10.4. The highest BCUT2D eigenvalue weighted by molar-refractivity contribution is 7.11. The van der Waals surface area contributed by atoms with E-state index in [1.165, 1.54) is 4.90 Å². The Bertz CT molecular complexity index is 352. The van der Waals surface area contributed by atoms with Crippen molar-refractivity contribution in [2.75, 3.05) is 13.6 Å². The first kappa shape index (κ1) is 12.9. The molecule has 0 fully saturated rings. The van der Waals surface area contributed by atoms with Gasteiger partial charge in [-0.15, -0.1) is 11.3 Å². The molecule has 1 aromatic heterocycles. The van der Waals surface area contributed by atoms with E-state index in [1.807, 2.05) is 6.92 Å². The Morgan fingerprint density at radius 3 is 2.94 bits per heavy atom. The number of amides is 2. The predicted octanol–water partition coefficient (Wildman–Crippen LogP) is 0.974. The number of hydrogen-bond donors (Lipinski definition) is 2. The Balaban J connectivity index is 2.35. The van der Waals surface area contributed by atoms with Crippen LogP contribution in [0.2, 0.25) is 0 Å². The van der Waals surface area contributed by atoms with Gasteiger partial charge in [0.05, 0.1) is 17.7 Å². The van der Waals surface area contributed by atoms with Gasteiger partial charge in [0.15, 0.2) is 0 Å². The molecule has 0 bridgehead atoms. The van der Waals surface area contributed by atoms with Crippen LogP contribution in [0.4, 0.5) is 4.79 Å². The van der Waals surface area contributed by atoms with Crippen LogP contribution < -0.4 is 5.32 Å². The molecule has 0 aliphatic rings. The van der Waals surface area contributed by atoms with Crippen LogP contribution in [0.15, 0.2) is 6.20 Å². The smallest absolute Gasteiger partial charge is 0.317 e. The summed E-state index contributed by atoms with van der Waals surface area (Å²) in [5.74, 6) is 0. The number of carbonyl (C=O) groups is 1. The minimum absolute atomic E-state index is 0.188. The average Bonchev–Trinajstić information content (AvgIpc) is 2.59. The molecule has 1 atom stereocenters. The Morgan fingerprint density at radius 2 is 2.44 bits per heavy atom. The summed E-state index contributed by atoms with van der Waals surface area (Å²) in [5, 5.41) is 12.9. The molecular formula is C10H17N3O2S. The zero-order valence-corrected chi connectivity index (χ0v) is 10.5. The van der Waals surface area contributed by atoms with Gasteiger partial charge in [0.25, 0.3) is 0 Å². The number of likely N-dealkylation sites (N-methyl/N-ethyl adjacent to an activating group) is 1. The summed E-state index contributed by atoms with van der Waals surface area (Å²) in [5.41, 5.74) is 0. The number of aliphatic hydroxyl groups excluding tert-OH is 1. The molecule has 2 N–H and O–H groups in total. The number of urea groups is 1. The van der Waals surface area contributed by atoms with Gasteiger partial charge in [-0.3, -0.25) is 0 Å². The van der Waals surface area contributed by atoms with Crippen LogP contribution in [0, 0.1) is 6.92 Å². The molecular weight excluding hydrogens is 226 g/mol. The van der Waals surface area contributed by atoms with Gasteiger partial charge in [0.2, 0.25) is 0 Å². The summed E-state index contributed by atoms with van der Waals surface area (Å²) >= 11 is 1.56. The number of nitrogens with zero attached hydrogens (tertiary/aromatic N) is 2. The third kappa shape index (κ3) is 4.16. The molecule has 1 heterocycles. The summed E-state index contributed by atoms with van der Waals surface area (Å²) in [4.78, 5) is 18.1. The minimum Gasteiger partial charge on any atom is -0.392 e. The molecule has 90 valence electrons. The van der Waals surface area contributed by atoms with Crippen LogP contribution >= 0.6 is 11.3 Å². The number of aromatic nitrogens is 1. The lowest BCUT2D eigenvalue weighted by Crippen LogP contribution is -2.40. The van der Waals surface area contributed by atoms with Crippen LogP contribution in [-0.4, -0.2) is 40.7 Å².